The standard InChI is InChI=1S/C16H23N3O2/c1-11(2)18-13-8-6-5-7-12(13)14(20)19-10-9-17-15(21)16(19,3)4/h5-8,11,18H,9-10H2,1-4H3,(H,17,21). The highest BCUT2D eigenvalue weighted by atomic mass is 16.2. The van der Waals surface area contributed by atoms with E-state index in [0.717, 1.165) is 5.69 Å². The molecule has 0 unspecified atom stereocenters. The summed E-state index contributed by atoms with van der Waals surface area (Å²) >= 11 is 0. The fraction of sp³-hybridized carbons (Fsp3) is 0.500. The Morgan fingerprint density at radius 1 is 1.33 bits per heavy atom. The van der Waals surface area contributed by atoms with Crippen LogP contribution in [0.5, 0.6) is 0 Å². The lowest BCUT2D eigenvalue weighted by atomic mass is 9.97. The molecular formula is C16H23N3O2. The molecule has 0 radical (unpaired) electrons. The maximum Gasteiger partial charge on any atom is 0.256 e. The van der Waals surface area contributed by atoms with Crippen molar-refractivity contribution in [3.05, 3.63) is 29.8 Å². The van der Waals surface area contributed by atoms with E-state index in [2.05, 4.69) is 10.6 Å². The van der Waals surface area contributed by atoms with Crippen LogP contribution in [-0.2, 0) is 4.79 Å². The van der Waals surface area contributed by atoms with Crippen molar-refractivity contribution in [1.29, 1.82) is 0 Å². The number of para-hydroxylation sites is 1. The first-order valence-corrected chi connectivity index (χ1v) is 7.30. The zero-order chi connectivity index (χ0) is 15.6. The van der Waals surface area contributed by atoms with Gasteiger partial charge in [0.2, 0.25) is 5.91 Å². The molecule has 1 heterocycles. The first kappa shape index (κ1) is 15.4. The number of carbonyl (C=O) groups excluding carboxylic acids is 2. The van der Waals surface area contributed by atoms with Gasteiger partial charge >= 0.3 is 0 Å². The Kier molecular flexibility index (Phi) is 4.21. The van der Waals surface area contributed by atoms with Gasteiger partial charge < -0.3 is 15.5 Å². The second-order valence-electron chi connectivity index (χ2n) is 6.12. The van der Waals surface area contributed by atoms with Gasteiger partial charge in [-0.2, -0.15) is 0 Å². The van der Waals surface area contributed by atoms with Gasteiger partial charge in [0.15, 0.2) is 0 Å². The fourth-order valence-electron chi connectivity index (χ4n) is 2.51. The lowest BCUT2D eigenvalue weighted by Crippen LogP contribution is -2.63. The SMILES string of the molecule is CC(C)Nc1ccccc1C(=O)N1CCNC(=O)C1(C)C. The molecule has 1 aromatic rings. The molecule has 0 saturated carbocycles. The molecule has 1 aliphatic rings. The minimum atomic E-state index is -0.833. The number of anilines is 1. The number of nitrogens with one attached hydrogen (secondary N) is 2. The third kappa shape index (κ3) is 3.01. The number of nitrogens with zero attached hydrogens (tertiary/aromatic N) is 1. The quantitative estimate of drug-likeness (QED) is 0.893. The van der Waals surface area contributed by atoms with Crippen molar-refractivity contribution in [3.63, 3.8) is 0 Å². The van der Waals surface area contributed by atoms with Crippen LogP contribution in [0, 0.1) is 0 Å². The Morgan fingerprint density at radius 2 is 2.00 bits per heavy atom. The molecule has 0 aromatic heterocycles. The summed E-state index contributed by atoms with van der Waals surface area (Å²) in [6, 6.07) is 7.67. The maximum absolute atomic E-state index is 12.9. The lowest BCUT2D eigenvalue weighted by molar-refractivity contribution is -0.133. The maximum atomic E-state index is 12.9. The number of rotatable bonds is 3. The molecule has 1 aromatic carbocycles. The average Bonchev–Trinajstić information content (AvgIpc) is 2.41. The minimum absolute atomic E-state index is 0.112. The number of benzene rings is 1. The molecule has 2 rings (SSSR count). The predicted molar refractivity (Wildman–Crippen MR) is 83.3 cm³/mol. The van der Waals surface area contributed by atoms with Crippen molar-refractivity contribution in [1.82, 2.24) is 10.2 Å². The van der Waals surface area contributed by atoms with E-state index in [1.807, 2.05) is 32.0 Å². The van der Waals surface area contributed by atoms with E-state index >= 15 is 0 Å². The predicted octanol–water partition coefficient (Wildman–Crippen LogP) is 1.86. The van der Waals surface area contributed by atoms with E-state index in [4.69, 9.17) is 0 Å². The lowest BCUT2D eigenvalue weighted by Gasteiger charge is -2.41. The summed E-state index contributed by atoms with van der Waals surface area (Å²) in [5.41, 5.74) is 0.577. The molecule has 2 amide bonds. The molecule has 0 bridgehead atoms. The summed E-state index contributed by atoms with van der Waals surface area (Å²) in [5, 5.41) is 6.09. The molecule has 0 aliphatic carbocycles. The van der Waals surface area contributed by atoms with Gasteiger partial charge in [0.25, 0.3) is 5.91 Å². The molecule has 21 heavy (non-hydrogen) atoms. The Bertz CT molecular complexity index is 552. The molecule has 1 saturated heterocycles. The van der Waals surface area contributed by atoms with Crippen molar-refractivity contribution in [3.8, 4) is 0 Å². The third-order valence-electron chi connectivity index (χ3n) is 3.70. The molecular weight excluding hydrogens is 266 g/mol. The molecule has 5 heteroatoms. The minimum Gasteiger partial charge on any atom is -0.382 e. The molecule has 0 atom stereocenters. The zero-order valence-electron chi connectivity index (χ0n) is 13.1. The summed E-state index contributed by atoms with van der Waals surface area (Å²) in [4.78, 5) is 26.5. The van der Waals surface area contributed by atoms with Crippen molar-refractivity contribution < 1.29 is 9.59 Å². The summed E-state index contributed by atoms with van der Waals surface area (Å²) in [6.45, 7) is 8.62. The summed E-state index contributed by atoms with van der Waals surface area (Å²) < 4.78 is 0. The van der Waals surface area contributed by atoms with Crippen LogP contribution in [0.15, 0.2) is 24.3 Å². The second kappa shape index (κ2) is 5.76. The van der Waals surface area contributed by atoms with Gasteiger partial charge in [-0.05, 0) is 39.8 Å². The van der Waals surface area contributed by atoms with Gasteiger partial charge in [-0.3, -0.25) is 9.59 Å². The number of amides is 2. The van der Waals surface area contributed by atoms with Crippen molar-refractivity contribution in [2.75, 3.05) is 18.4 Å². The monoisotopic (exact) mass is 289 g/mol. The van der Waals surface area contributed by atoms with Crippen LogP contribution in [0.2, 0.25) is 0 Å². The molecule has 1 aliphatic heterocycles. The van der Waals surface area contributed by atoms with Crippen LogP contribution in [0.4, 0.5) is 5.69 Å². The highest BCUT2D eigenvalue weighted by Crippen LogP contribution is 2.24. The molecule has 2 N–H and O–H groups in total. The largest absolute Gasteiger partial charge is 0.382 e. The number of piperazine rings is 1. The van der Waals surface area contributed by atoms with Crippen LogP contribution in [0.25, 0.3) is 0 Å². The highest BCUT2D eigenvalue weighted by molar-refractivity contribution is 6.03. The number of hydrogen-bond donors (Lipinski definition) is 2. The first-order valence-electron chi connectivity index (χ1n) is 7.30. The third-order valence-corrected chi connectivity index (χ3v) is 3.70. The molecule has 114 valence electrons. The Labute approximate surface area is 125 Å². The molecule has 1 fully saturated rings. The topological polar surface area (TPSA) is 61.4 Å². The van der Waals surface area contributed by atoms with E-state index in [9.17, 15) is 9.59 Å². The molecule has 5 nitrogen and oxygen atoms in total. The number of carbonyl (C=O) groups is 2. The second-order valence-corrected chi connectivity index (χ2v) is 6.12. The summed E-state index contributed by atoms with van der Waals surface area (Å²) in [5.74, 6) is -0.227. The smallest absolute Gasteiger partial charge is 0.256 e. The van der Waals surface area contributed by atoms with Crippen molar-refractivity contribution in [2.45, 2.75) is 39.3 Å². The van der Waals surface area contributed by atoms with Crippen molar-refractivity contribution in [2.24, 2.45) is 0 Å². The van der Waals surface area contributed by atoms with Crippen molar-refractivity contribution >= 4 is 17.5 Å². The summed E-state index contributed by atoms with van der Waals surface area (Å²) in [7, 11) is 0. The van der Waals surface area contributed by atoms with E-state index < -0.39 is 5.54 Å². The van der Waals surface area contributed by atoms with Gasteiger partial charge in [0.05, 0.1) is 5.56 Å². The van der Waals surface area contributed by atoms with Gasteiger partial charge in [0, 0.05) is 24.8 Å². The van der Waals surface area contributed by atoms with Gasteiger partial charge in [-0.15, -0.1) is 0 Å². The van der Waals surface area contributed by atoms with Crippen LogP contribution >= 0.6 is 0 Å². The van der Waals surface area contributed by atoms with Gasteiger partial charge in [-0.25, -0.2) is 0 Å². The van der Waals surface area contributed by atoms with Crippen LogP contribution in [0.1, 0.15) is 38.1 Å². The van der Waals surface area contributed by atoms with Crippen LogP contribution in [0.3, 0.4) is 0 Å². The zero-order valence-corrected chi connectivity index (χ0v) is 13.1. The van der Waals surface area contributed by atoms with Crippen LogP contribution in [-0.4, -0.2) is 41.4 Å². The highest BCUT2D eigenvalue weighted by Gasteiger charge is 2.41. The fourth-order valence-corrected chi connectivity index (χ4v) is 2.51. The van der Waals surface area contributed by atoms with E-state index in [-0.39, 0.29) is 17.9 Å². The van der Waals surface area contributed by atoms with Gasteiger partial charge in [0.1, 0.15) is 5.54 Å². The molecule has 0 spiro atoms. The average molecular weight is 289 g/mol. The first-order chi connectivity index (χ1) is 9.84. The van der Waals surface area contributed by atoms with E-state index in [0.29, 0.717) is 18.7 Å². The summed E-state index contributed by atoms with van der Waals surface area (Å²) in [6.07, 6.45) is 0. The van der Waals surface area contributed by atoms with E-state index in [1.54, 1.807) is 24.8 Å². The number of hydrogen-bond acceptors (Lipinski definition) is 3. The van der Waals surface area contributed by atoms with E-state index in [1.165, 1.54) is 0 Å². The Hall–Kier alpha value is -2.04. The Balaban J connectivity index is 2.34. The van der Waals surface area contributed by atoms with Gasteiger partial charge in [-0.1, -0.05) is 12.1 Å². The normalized spacial score (nSPS) is 17.6. The van der Waals surface area contributed by atoms with Crippen LogP contribution < -0.4 is 10.6 Å². The Morgan fingerprint density at radius 3 is 2.67 bits per heavy atom.